The van der Waals surface area contributed by atoms with Crippen LogP contribution in [-0.4, -0.2) is 82.7 Å². The number of pyridine rings is 2. The maximum atomic E-state index is 12.5. The molecule has 0 unspecified atom stereocenters. The molecule has 2 aromatic heterocycles. The number of carbonyl (C=O) groups is 4. The minimum absolute atomic E-state index is 0.114. The highest BCUT2D eigenvalue weighted by Crippen LogP contribution is 2.05. The fourth-order valence-electron chi connectivity index (χ4n) is 3.16. The normalized spacial score (nSPS) is 13.8. The van der Waals surface area contributed by atoms with Gasteiger partial charge in [0.15, 0.2) is 0 Å². The van der Waals surface area contributed by atoms with Crippen LogP contribution in [-0.2, 0) is 9.59 Å². The Morgan fingerprint density at radius 3 is 1.45 bits per heavy atom. The van der Waals surface area contributed by atoms with Crippen molar-refractivity contribution in [1.29, 1.82) is 0 Å². The van der Waals surface area contributed by atoms with E-state index < -0.39 is 0 Å². The van der Waals surface area contributed by atoms with Crippen LogP contribution in [0, 0.1) is 0 Å². The number of amides is 4. The van der Waals surface area contributed by atoms with E-state index in [1.54, 1.807) is 34.1 Å². The zero-order valence-electron chi connectivity index (χ0n) is 17.0. The molecule has 1 aliphatic rings. The van der Waals surface area contributed by atoms with Gasteiger partial charge in [-0.25, -0.2) is 0 Å². The van der Waals surface area contributed by atoms with Gasteiger partial charge in [0.25, 0.3) is 11.8 Å². The number of hydrogen-bond acceptors (Lipinski definition) is 6. The summed E-state index contributed by atoms with van der Waals surface area (Å²) in [5.41, 5.74) is 0.869. The van der Waals surface area contributed by atoms with Crippen molar-refractivity contribution in [3.05, 3.63) is 60.2 Å². The van der Waals surface area contributed by atoms with Crippen LogP contribution in [0.5, 0.6) is 0 Å². The summed E-state index contributed by atoms with van der Waals surface area (Å²) in [4.78, 5) is 60.1. The molecular weight excluding hydrogens is 400 g/mol. The molecule has 0 aromatic carbocycles. The average molecular weight is 424 g/mol. The van der Waals surface area contributed by atoms with Gasteiger partial charge in [0.2, 0.25) is 11.8 Å². The van der Waals surface area contributed by atoms with Gasteiger partial charge in [-0.15, -0.1) is 0 Å². The lowest BCUT2D eigenvalue weighted by molar-refractivity contribution is -0.132. The van der Waals surface area contributed by atoms with E-state index >= 15 is 0 Å². The molecule has 3 heterocycles. The van der Waals surface area contributed by atoms with Crippen molar-refractivity contribution in [3.63, 3.8) is 0 Å². The van der Waals surface area contributed by atoms with Crippen LogP contribution < -0.4 is 10.6 Å². The Morgan fingerprint density at radius 1 is 0.677 bits per heavy atom. The summed E-state index contributed by atoms with van der Waals surface area (Å²) in [5.74, 6) is -1.09. The molecule has 0 radical (unpaired) electrons. The first kappa shape index (κ1) is 21.9. The van der Waals surface area contributed by atoms with Crippen LogP contribution in [0.1, 0.15) is 27.1 Å². The molecule has 1 aliphatic heterocycles. The Hall–Kier alpha value is -3.82. The molecule has 10 nitrogen and oxygen atoms in total. The van der Waals surface area contributed by atoms with Crippen molar-refractivity contribution in [1.82, 2.24) is 30.4 Å². The van der Waals surface area contributed by atoms with Gasteiger partial charge in [-0.1, -0.05) is 0 Å². The van der Waals surface area contributed by atoms with E-state index in [1.807, 2.05) is 0 Å². The van der Waals surface area contributed by atoms with Gasteiger partial charge < -0.3 is 20.4 Å². The number of rotatable bonds is 6. The quantitative estimate of drug-likeness (QED) is 0.656. The molecule has 0 spiro atoms. The van der Waals surface area contributed by atoms with Crippen LogP contribution in [0.25, 0.3) is 0 Å². The Balaban J connectivity index is 1.42. The monoisotopic (exact) mass is 424 g/mol. The highest BCUT2D eigenvalue weighted by Gasteiger charge is 2.22. The molecule has 2 N–H and O–H groups in total. The first-order chi connectivity index (χ1) is 15.0. The Kier molecular flexibility index (Phi) is 7.63. The summed E-state index contributed by atoms with van der Waals surface area (Å²) in [7, 11) is 0. The zero-order chi connectivity index (χ0) is 22.1. The fourth-order valence-corrected chi connectivity index (χ4v) is 3.16. The minimum atomic E-state index is -0.340. The van der Waals surface area contributed by atoms with Gasteiger partial charge in [0.05, 0.1) is 13.1 Å². The van der Waals surface area contributed by atoms with E-state index in [1.165, 1.54) is 24.8 Å². The largest absolute Gasteiger partial charge is 0.343 e. The predicted octanol–water partition coefficient (Wildman–Crippen LogP) is -0.303. The van der Waals surface area contributed by atoms with E-state index in [9.17, 15) is 19.2 Å². The molecule has 0 saturated carbocycles. The third-order valence-electron chi connectivity index (χ3n) is 4.89. The van der Waals surface area contributed by atoms with Crippen molar-refractivity contribution in [3.8, 4) is 0 Å². The van der Waals surface area contributed by atoms with Crippen LogP contribution in [0.2, 0.25) is 0 Å². The molecule has 0 bridgehead atoms. The van der Waals surface area contributed by atoms with Gasteiger partial charge in [0.1, 0.15) is 0 Å². The molecule has 162 valence electrons. The number of nitrogens with zero attached hydrogens (tertiary/aromatic N) is 4. The third kappa shape index (κ3) is 6.33. The molecule has 0 atom stereocenters. The second-order valence-corrected chi connectivity index (χ2v) is 6.95. The van der Waals surface area contributed by atoms with Gasteiger partial charge in [0, 0.05) is 62.1 Å². The second kappa shape index (κ2) is 10.8. The van der Waals surface area contributed by atoms with Gasteiger partial charge in [-0.05, 0) is 30.7 Å². The summed E-state index contributed by atoms with van der Waals surface area (Å²) in [6, 6.07) is 6.29. The van der Waals surface area contributed by atoms with E-state index in [0.717, 1.165) is 0 Å². The number of aromatic nitrogens is 2. The first-order valence-corrected chi connectivity index (χ1v) is 9.96. The smallest absolute Gasteiger partial charge is 0.251 e. The van der Waals surface area contributed by atoms with Crippen molar-refractivity contribution < 1.29 is 19.2 Å². The van der Waals surface area contributed by atoms with E-state index in [-0.39, 0.29) is 36.7 Å². The number of carbonyl (C=O) groups excluding carboxylic acids is 4. The van der Waals surface area contributed by atoms with Crippen molar-refractivity contribution in [2.24, 2.45) is 0 Å². The summed E-state index contributed by atoms with van der Waals surface area (Å²) in [5, 5.41) is 5.22. The Morgan fingerprint density at radius 2 is 1.06 bits per heavy atom. The number of hydrogen-bond donors (Lipinski definition) is 2. The lowest BCUT2D eigenvalue weighted by Crippen LogP contribution is -2.44. The number of nitrogens with one attached hydrogen (secondary N) is 2. The molecule has 2 aromatic rings. The van der Waals surface area contributed by atoms with Gasteiger partial charge in [-0.2, -0.15) is 0 Å². The molecular formula is C21H24N6O4. The maximum absolute atomic E-state index is 12.5. The topological polar surface area (TPSA) is 125 Å². The first-order valence-electron chi connectivity index (χ1n) is 9.96. The molecule has 31 heavy (non-hydrogen) atoms. The minimum Gasteiger partial charge on any atom is -0.343 e. The fraction of sp³-hybridized carbons (Fsp3) is 0.333. The van der Waals surface area contributed by atoms with Crippen LogP contribution >= 0.6 is 0 Å². The molecule has 3 rings (SSSR count). The Labute approximate surface area is 179 Å². The Bertz CT molecular complexity index is 846. The summed E-state index contributed by atoms with van der Waals surface area (Å²) in [6.45, 7) is 1.50. The summed E-state index contributed by atoms with van der Waals surface area (Å²) in [6.07, 6.45) is 6.66. The second-order valence-electron chi connectivity index (χ2n) is 6.95. The lowest BCUT2D eigenvalue weighted by Gasteiger charge is -2.22. The lowest BCUT2D eigenvalue weighted by atomic mass is 10.2. The zero-order valence-corrected chi connectivity index (χ0v) is 17.0. The van der Waals surface area contributed by atoms with Gasteiger partial charge >= 0.3 is 0 Å². The SMILES string of the molecule is O=C(NCC(=O)N1CCCN(C(=O)CNC(=O)c2ccncc2)CC1)c1ccncc1. The van der Waals surface area contributed by atoms with Crippen LogP contribution in [0.4, 0.5) is 0 Å². The summed E-state index contributed by atoms with van der Waals surface area (Å²) < 4.78 is 0. The van der Waals surface area contributed by atoms with E-state index in [4.69, 9.17) is 0 Å². The van der Waals surface area contributed by atoms with Crippen LogP contribution in [0.3, 0.4) is 0 Å². The predicted molar refractivity (Wildman–Crippen MR) is 111 cm³/mol. The molecule has 1 fully saturated rings. The average Bonchev–Trinajstić information content (AvgIpc) is 3.08. The molecule has 10 heteroatoms. The van der Waals surface area contributed by atoms with E-state index in [0.29, 0.717) is 43.7 Å². The van der Waals surface area contributed by atoms with Crippen LogP contribution in [0.15, 0.2) is 49.1 Å². The molecule has 0 aliphatic carbocycles. The van der Waals surface area contributed by atoms with E-state index in [2.05, 4.69) is 20.6 Å². The van der Waals surface area contributed by atoms with Gasteiger partial charge in [-0.3, -0.25) is 29.1 Å². The van der Waals surface area contributed by atoms with Crippen molar-refractivity contribution in [2.75, 3.05) is 39.3 Å². The standard InChI is InChI=1S/C21H24N6O4/c28-18(14-24-20(30)16-2-6-22-7-3-16)26-10-1-11-27(13-12-26)19(29)15-25-21(31)17-4-8-23-9-5-17/h2-9H,1,10-15H2,(H,24,30)(H,25,31). The highest BCUT2D eigenvalue weighted by atomic mass is 16.2. The highest BCUT2D eigenvalue weighted by molar-refractivity contribution is 5.97. The molecule has 4 amide bonds. The molecule has 1 saturated heterocycles. The van der Waals surface area contributed by atoms with Crippen molar-refractivity contribution >= 4 is 23.6 Å². The maximum Gasteiger partial charge on any atom is 0.251 e. The summed E-state index contributed by atoms with van der Waals surface area (Å²) >= 11 is 0. The van der Waals surface area contributed by atoms with Crippen molar-refractivity contribution in [2.45, 2.75) is 6.42 Å². The third-order valence-corrected chi connectivity index (χ3v) is 4.89.